The van der Waals surface area contributed by atoms with Gasteiger partial charge in [0.1, 0.15) is 11.9 Å². The smallest absolute Gasteiger partial charge is 0.253 e. The summed E-state index contributed by atoms with van der Waals surface area (Å²) in [6, 6.07) is 14.8. The SMILES string of the molecule is O=C1[C@H]2[C@@H](C(=O)N1c1ccc(F)cc1)N1CCCN1[C@@H]2c1ccccc1. The van der Waals surface area contributed by atoms with E-state index in [2.05, 4.69) is 10.0 Å². The number of benzene rings is 2. The monoisotopic (exact) mass is 351 g/mol. The summed E-state index contributed by atoms with van der Waals surface area (Å²) in [7, 11) is 0. The van der Waals surface area contributed by atoms with Crippen molar-refractivity contribution in [3.63, 3.8) is 0 Å². The van der Waals surface area contributed by atoms with Gasteiger partial charge in [-0.25, -0.2) is 19.3 Å². The van der Waals surface area contributed by atoms with E-state index < -0.39 is 12.0 Å². The maximum Gasteiger partial charge on any atom is 0.253 e. The fraction of sp³-hybridized carbons (Fsp3) is 0.300. The third kappa shape index (κ3) is 2.09. The van der Waals surface area contributed by atoms with E-state index in [0.717, 1.165) is 25.1 Å². The molecule has 2 amide bonds. The van der Waals surface area contributed by atoms with Crippen LogP contribution in [0.1, 0.15) is 18.0 Å². The Morgan fingerprint density at radius 2 is 1.46 bits per heavy atom. The molecule has 26 heavy (non-hydrogen) atoms. The largest absolute Gasteiger partial charge is 0.274 e. The molecule has 0 spiro atoms. The average molecular weight is 351 g/mol. The molecule has 0 bridgehead atoms. The quantitative estimate of drug-likeness (QED) is 0.779. The number of hydrazine groups is 1. The molecule has 0 saturated carbocycles. The Labute approximate surface area is 150 Å². The Kier molecular flexibility index (Phi) is 3.45. The van der Waals surface area contributed by atoms with Gasteiger partial charge in [0.2, 0.25) is 5.91 Å². The minimum atomic E-state index is -0.472. The second kappa shape index (κ2) is 5.72. The number of fused-ring (bicyclic) bond motifs is 3. The first-order valence-electron chi connectivity index (χ1n) is 8.88. The third-order valence-electron chi connectivity index (χ3n) is 5.63. The number of amides is 2. The second-order valence-corrected chi connectivity index (χ2v) is 6.99. The van der Waals surface area contributed by atoms with Crippen molar-refractivity contribution in [2.75, 3.05) is 18.0 Å². The highest BCUT2D eigenvalue weighted by Crippen LogP contribution is 2.48. The van der Waals surface area contributed by atoms with Gasteiger partial charge in [-0.2, -0.15) is 0 Å². The van der Waals surface area contributed by atoms with Crippen LogP contribution in [0.4, 0.5) is 10.1 Å². The van der Waals surface area contributed by atoms with Crippen LogP contribution in [0.3, 0.4) is 0 Å². The molecule has 5 nitrogen and oxygen atoms in total. The lowest BCUT2D eigenvalue weighted by Crippen LogP contribution is -2.44. The topological polar surface area (TPSA) is 43.9 Å². The molecular formula is C20H18FN3O2. The molecular weight excluding hydrogens is 333 g/mol. The normalized spacial score (nSPS) is 28.7. The van der Waals surface area contributed by atoms with Gasteiger partial charge in [-0.15, -0.1) is 0 Å². The van der Waals surface area contributed by atoms with Gasteiger partial charge in [-0.05, 0) is 36.2 Å². The second-order valence-electron chi connectivity index (χ2n) is 6.99. The lowest BCUT2D eigenvalue weighted by atomic mass is 9.90. The first-order valence-corrected chi connectivity index (χ1v) is 8.88. The Balaban J connectivity index is 1.58. The summed E-state index contributed by atoms with van der Waals surface area (Å²) in [5, 5.41) is 4.24. The van der Waals surface area contributed by atoms with Crippen molar-refractivity contribution in [3.05, 3.63) is 66.0 Å². The molecule has 0 aromatic heterocycles. The summed E-state index contributed by atoms with van der Waals surface area (Å²) < 4.78 is 13.3. The molecule has 0 N–H and O–H groups in total. The summed E-state index contributed by atoms with van der Waals surface area (Å²) in [5.74, 6) is -1.23. The molecule has 0 unspecified atom stereocenters. The molecule has 0 radical (unpaired) electrons. The van der Waals surface area contributed by atoms with Crippen molar-refractivity contribution in [2.24, 2.45) is 5.92 Å². The van der Waals surface area contributed by atoms with E-state index >= 15 is 0 Å². The number of hydrogen-bond donors (Lipinski definition) is 0. The predicted octanol–water partition coefficient (Wildman–Crippen LogP) is 2.36. The molecule has 3 aliphatic heterocycles. The van der Waals surface area contributed by atoms with E-state index in [4.69, 9.17) is 0 Å². The van der Waals surface area contributed by atoms with Crippen molar-refractivity contribution >= 4 is 17.5 Å². The lowest BCUT2D eigenvalue weighted by molar-refractivity contribution is -0.126. The van der Waals surface area contributed by atoms with E-state index in [1.54, 1.807) is 0 Å². The summed E-state index contributed by atoms with van der Waals surface area (Å²) in [5.41, 5.74) is 1.49. The van der Waals surface area contributed by atoms with Crippen LogP contribution in [0, 0.1) is 11.7 Å². The number of carbonyl (C=O) groups is 2. The standard InChI is InChI=1S/C20H18FN3O2/c21-14-7-9-15(10-8-14)24-19(25)16-17(13-5-2-1-3-6-13)22-11-4-12-23(22)18(16)20(24)26/h1-3,5-10,16-18H,4,11-12H2/t16-,17-,18+/m1/s1. The van der Waals surface area contributed by atoms with Crippen molar-refractivity contribution < 1.29 is 14.0 Å². The van der Waals surface area contributed by atoms with Gasteiger partial charge in [0.15, 0.2) is 0 Å². The predicted molar refractivity (Wildman–Crippen MR) is 93.4 cm³/mol. The molecule has 3 atom stereocenters. The third-order valence-corrected chi connectivity index (χ3v) is 5.63. The van der Waals surface area contributed by atoms with Crippen LogP contribution < -0.4 is 4.90 Å². The van der Waals surface area contributed by atoms with Gasteiger partial charge in [-0.1, -0.05) is 30.3 Å². The van der Waals surface area contributed by atoms with Crippen LogP contribution in [-0.4, -0.2) is 41.0 Å². The van der Waals surface area contributed by atoms with Gasteiger partial charge < -0.3 is 0 Å². The van der Waals surface area contributed by atoms with Crippen molar-refractivity contribution in [1.29, 1.82) is 0 Å². The highest BCUT2D eigenvalue weighted by molar-refractivity contribution is 6.24. The Morgan fingerprint density at radius 1 is 0.808 bits per heavy atom. The molecule has 132 valence electrons. The number of imide groups is 1. The molecule has 2 aromatic carbocycles. The van der Waals surface area contributed by atoms with Gasteiger partial charge in [0.05, 0.1) is 17.6 Å². The number of anilines is 1. The summed E-state index contributed by atoms with van der Waals surface area (Å²) in [4.78, 5) is 27.6. The minimum Gasteiger partial charge on any atom is -0.274 e. The fourth-order valence-electron chi connectivity index (χ4n) is 4.61. The van der Waals surface area contributed by atoms with Crippen LogP contribution in [-0.2, 0) is 9.59 Å². The van der Waals surface area contributed by atoms with Crippen LogP contribution in [0.2, 0.25) is 0 Å². The van der Waals surface area contributed by atoms with E-state index in [0.29, 0.717) is 5.69 Å². The highest BCUT2D eigenvalue weighted by atomic mass is 19.1. The van der Waals surface area contributed by atoms with E-state index in [1.165, 1.54) is 29.2 Å². The average Bonchev–Trinajstić information content (AvgIpc) is 3.29. The molecule has 3 fully saturated rings. The van der Waals surface area contributed by atoms with Gasteiger partial charge in [0.25, 0.3) is 5.91 Å². The van der Waals surface area contributed by atoms with Crippen molar-refractivity contribution in [1.82, 2.24) is 10.0 Å². The minimum absolute atomic E-state index is 0.134. The molecule has 0 aliphatic carbocycles. The molecule has 3 saturated heterocycles. The van der Waals surface area contributed by atoms with E-state index in [-0.39, 0.29) is 23.7 Å². The van der Waals surface area contributed by atoms with E-state index in [1.807, 2.05) is 30.3 Å². The molecule has 3 aliphatic rings. The first-order chi connectivity index (χ1) is 12.7. The van der Waals surface area contributed by atoms with Crippen LogP contribution >= 0.6 is 0 Å². The number of rotatable bonds is 2. The van der Waals surface area contributed by atoms with Crippen LogP contribution in [0.25, 0.3) is 0 Å². The highest BCUT2D eigenvalue weighted by Gasteiger charge is 2.62. The van der Waals surface area contributed by atoms with Crippen LogP contribution in [0.5, 0.6) is 0 Å². The number of carbonyl (C=O) groups excluding carboxylic acids is 2. The van der Waals surface area contributed by atoms with Crippen LogP contribution in [0.15, 0.2) is 54.6 Å². The molecule has 6 heteroatoms. The summed E-state index contributed by atoms with van der Waals surface area (Å²) in [6.07, 6.45) is 0.977. The maximum atomic E-state index is 13.3. The lowest BCUT2D eigenvalue weighted by Gasteiger charge is -2.29. The zero-order chi connectivity index (χ0) is 17.8. The molecule has 2 aromatic rings. The first kappa shape index (κ1) is 15.7. The van der Waals surface area contributed by atoms with Crippen molar-refractivity contribution in [3.8, 4) is 0 Å². The van der Waals surface area contributed by atoms with E-state index in [9.17, 15) is 14.0 Å². The number of halogens is 1. The number of hydrogen-bond acceptors (Lipinski definition) is 4. The Morgan fingerprint density at radius 3 is 2.15 bits per heavy atom. The zero-order valence-electron chi connectivity index (χ0n) is 14.1. The van der Waals surface area contributed by atoms with Crippen molar-refractivity contribution in [2.45, 2.75) is 18.5 Å². The van der Waals surface area contributed by atoms with Gasteiger partial charge in [0, 0.05) is 13.1 Å². The molecule has 3 heterocycles. The Bertz CT molecular complexity index is 870. The van der Waals surface area contributed by atoms with Gasteiger partial charge in [-0.3, -0.25) is 9.59 Å². The van der Waals surface area contributed by atoms with Gasteiger partial charge >= 0.3 is 0 Å². The zero-order valence-corrected chi connectivity index (χ0v) is 14.1. The fourth-order valence-corrected chi connectivity index (χ4v) is 4.61. The molecule has 5 rings (SSSR count). The summed E-state index contributed by atoms with van der Waals surface area (Å²) >= 11 is 0. The maximum absolute atomic E-state index is 13.3. The summed E-state index contributed by atoms with van der Waals surface area (Å²) in [6.45, 7) is 1.63. The number of nitrogens with zero attached hydrogens (tertiary/aromatic N) is 3. The Hall–Kier alpha value is -2.57.